The summed E-state index contributed by atoms with van der Waals surface area (Å²) in [6.45, 7) is 2.48. The lowest BCUT2D eigenvalue weighted by Crippen LogP contribution is -2.52. The first kappa shape index (κ1) is 25.7. The zero-order chi connectivity index (χ0) is 25.2. The number of hydrogen-bond donors (Lipinski definition) is 1. The number of carbonyl (C=O) groups excluding carboxylic acids is 2. The summed E-state index contributed by atoms with van der Waals surface area (Å²) < 4.78 is 0. The van der Waals surface area contributed by atoms with Crippen molar-refractivity contribution < 1.29 is 9.59 Å². The highest BCUT2D eigenvalue weighted by molar-refractivity contribution is 5.88. The molecule has 1 saturated carbocycles. The van der Waals surface area contributed by atoms with E-state index >= 15 is 0 Å². The minimum Gasteiger partial charge on any atom is -0.352 e. The molecule has 3 aromatic rings. The molecule has 2 amide bonds. The maximum Gasteiger partial charge on any atom is 0.243 e. The van der Waals surface area contributed by atoms with Gasteiger partial charge >= 0.3 is 0 Å². The lowest BCUT2D eigenvalue weighted by molar-refractivity contribution is -0.141. The molecule has 1 aliphatic carbocycles. The number of amides is 2. The molecular weight excluding hydrogens is 444 g/mol. The summed E-state index contributed by atoms with van der Waals surface area (Å²) in [6, 6.07) is 28.0. The summed E-state index contributed by atoms with van der Waals surface area (Å²) >= 11 is 0. The van der Waals surface area contributed by atoms with E-state index in [9.17, 15) is 9.59 Å². The molecule has 1 unspecified atom stereocenters. The summed E-state index contributed by atoms with van der Waals surface area (Å²) in [5.41, 5.74) is 4.39. The minimum absolute atomic E-state index is 0.0140. The van der Waals surface area contributed by atoms with Crippen molar-refractivity contribution in [3.05, 3.63) is 107 Å². The van der Waals surface area contributed by atoms with Crippen LogP contribution >= 0.6 is 0 Å². The molecule has 0 bridgehead atoms. The Labute approximate surface area is 215 Å². The molecule has 1 aliphatic rings. The molecule has 36 heavy (non-hydrogen) atoms. The van der Waals surface area contributed by atoms with Crippen molar-refractivity contribution in [2.45, 2.75) is 76.9 Å². The molecule has 0 aliphatic heterocycles. The molecule has 0 aromatic heterocycles. The first-order valence-electron chi connectivity index (χ1n) is 13.3. The Morgan fingerprint density at radius 2 is 1.47 bits per heavy atom. The molecule has 4 heteroatoms. The second-order valence-corrected chi connectivity index (χ2v) is 10.0. The summed E-state index contributed by atoms with van der Waals surface area (Å²) in [5, 5.41) is 3.31. The van der Waals surface area contributed by atoms with Gasteiger partial charge < -0.3 is 10.2 Å². The van der Waals surface area contributed by atoms with E-state index in [2.05, 4.69) is 36.5 Å². The zero-order valence-electron chi connectivity index (χ0n) is 21.4. The van der Waals surface area contributed by atoms with Gasteiger partial charge in [0, 0.05) is 25.4 Å². The van der Waals surface area contributed by atoms with Gasteiger partial charge in [-0.1, -0.05) is 110 Å². The molecule has 3 aromatic carbocycles. The van der Waals surface area contributed by atoms with Crippen LogP contribution in [0.5, 0.6) is 0 Å². The van der Waals surface area contributed by atoms with Gasteiger partial charge in [0.15, 0.2) is 0 Å². The quantitative estimate of drug-likeness (QED) is 0.384. The van der Waals surface area contributed by atoms with Crippen molar-refractivity contribution in [2.75, 3.05) is 0 Å². The summed E-state index contributed by atoms with van der Waals surface area (Å²) in [7, 11) is 0. The smallest absolute Gasteiger partial charge is 0.243 e. The number of nitrogens with zero attached hydrogens (tertiary/aromatic N) is 1. The van der Waals surface area contributed by atoms with Crippen LogP contribution in [0.4, 0.5) is 0 Å². The molecule has 1 atom stereocenters. The molecule has 188 valence electrons. The highest BCUT2D eigenvalue weighted by atomic mass is 16.2. The fourth-order valence-corrected chi connectivity index (χ4v) is 5.15. The zero-order valence-corrected chi connectivity index (χ0v) is 21.4. The van der Waals surface area contributed by atoms with E-state index < -0.39 is 6.04 Å². The van der Waals surface area contributed by atoms with Gasteiger partial charge in [-0.25, -0.2) is 0 Å². The number of benzene rings is 3. The Kier molecular flexibility index (Phi) is 9.32. The van der Waals surface area contributed by atoms with Gasteiger partial charge in [0.2, 0.25) is 11.8 Å². The van der Waals surface area contributed by atoms with E-state index in [1.807, 2.05) is 65.6 Å². The topological polar surface area (TPSA) is 49.4 Å². The van der Waals surface area contributed by atoms with Crippen LogP contribution in [0.2, 0.25) is 0 Å². The SMILES string of the molecule is Cc1cccc(CN(C(=O)CCc2ccccc2)C(Cc2ccccc2)C(=O)NC2CCCCC2)c1. The summed E-state index contributed by atoms with van der Waals surface area (Å²) in [4.78, 5) is 29.4. The molecule has 0 heterocycles. The number of aryl methyl sites for hydroxylation is 2. The fourth-order valence-electron chi connectivity index (χ4n) is 5.15. The predicted molar refractivity (Wildman–Crippen MR) is 145 cm³/mol. The normalized spacial score (nSPS) is 14.7. The van der Waals surface area contributed by atoms with E-state index in [0.717, 1.165) is 47.9 Å². The van der Waals surface area contributed by atoms with Crippen LogP contribution in [0.3, 0.4) is 0 Å². The maximum atomic E-state index is 13.8. The van der Waals surface area contributed by atoms with Crippen LogP contribution in [-0.2, 0) is 29.0 Å². The molecule has 4 nitrogen and oxygen atoms in total. The Balaban J connectivity index is 1.60. The molecule has 0 radical (unpaired) electrons. The summed E-state index contributed by atoms with van der Waals surface area (Å²) in [5.74, 6) is -0.0217. The average Bonchev–Trinajstić information content (AvgIpc) is 2.91. The first-order valence-corrected chi connectivity index (χ1v) is 13.3. The first-order chi connectivity index (χ1) is 17.6. The van der Waals surface area contributed by atoms with Crippen molar-refractivity contribution in [3.8, 4) is 0 Å². The van der Waals surface area contributed by atoms with Crippen molar-refractivity contribution in [3.63, 3.8) is 0 Å². The van der Waals surface area contributed by atoms with Gasteiger partial charge in [-0.3, -0.25) is 9.59 Å². The van der Waals surface area contributed by atoms with Crippen LogP contribution < -0.4 is 5.32 Å². The van der Waals surface area contributed by atoms with Gasteiger partial charge in [0.05, 0.1) is 0 Å². The molecular formula is C32H38N2O2. The predicted octanol–water partition coefficient (Wildman–Crippen LogP) is 6.02. The van der Waals surface area contributed by atoms with Gasteiger partial charge in [0.1, 0.15) is 6.04 Å². The monoisotopic (exact) mass is 482 g/mol. The van der Waals surface area contributed by atoms with Crippen molar-refractivity contribution in [1.29, 1.82) is 0 Å². The third kappa shape index (κ3) is 7.55. The molecule has 4 rings (SSSR count). The lowest BCUT2D eigenvalue weighted by Gasteiger charge is -2.33. The number of rotatable bonds is 10. The standard InChI is InChI=1S/C32H38N2O2/c1-25-12-11-17-28(22-25)24-34(31(35)21-20-26-13-5-2-6-14-26)30(23-27-15-7-3-8-16-27)32(36)33-29-18-9-4-10-19-29/h2-3,5-8,11-17,22,29-30H,4,9-10,18-21,23-24H2,1H3,(H,33,36). The number of hydrogen-bond acceptors (Lipinski definition) is 2. The lowest BCUT2D eigenvalue weighted by atomic mass is 9.94. The highest BCUT2D eigenvalue weighted by Crippen LogP contribution is 2.21. The fraction of sp³-hybridized carbons (Fsp3) is 0.375. The van der Waals surface area contributed by atoms with E-state index in [4.69, 9.17) is 0 Å². The van der Waals surface area contributed by atoms with E-state index in [1.165, 1.54) is 6.42 Å². The maximum absolute atomic E-state index is 13.8. The molecule has 0 spiro atoms. The Hall–Kier alpha value is -3.40. The van der Waals surface area contributed by atoms with Crippen LogP contribution in [0, 0.1) is 6.92 Å². The third-order valence-electron chi connectivity index (χ3n) is 7.13. The van der Waals surface area contributed by atoms with Gasteiger partial charge in [-0.05, 0) is 42.9 Å². The molecule has 1 N–H and O–H groups in total. The van der Waals surface area contributed by atoms with E-state index in [1.54, 1.807) is 0 Å². The van der Waals surface area contributed by atoms with Crippen LogP contribution in [0.25, 0.3) is 0 Å². The second kappa shape index (κ2) is 13.1. The number of nitrogens with one attached hydrogen (secondary N) is 1. The Bertz CT molecular complexity index is 1110. The highest BCUT2D eigenvalue weighted by Gasteiger charge is 2.31. The van der Waals surface area contributed by atoms with Gasteiger partial charge in [-0.2, -0.15) is 0 Å². The largest absolute Gasteiger partial charge is 0.352 e. The number of carbonyl (C=O) groups is 2. The van der Waals surface area contributed by atoms with E-state index in [-0.39, 0.29) is 17.9 Å². The Morgan fingerprint density at radius 3 is 2.14 bits per heavy atom. The van der Waals surface area contributed by atoms with Crippen molar-refractivity contribution in [1.82, 2.24) is 10.2 Å². The molecule has 0 saturated heterocycles. The van der Waals surface area contributed by atoms with Crippen molar-refractivity contribution >= 4 is 11.8 Å². The Morgan fingerprint density at radius 1 is 0.833 bits per heavy atom. The van der Waals surface area contributed by atoms with Gasteiger partial charge in [-0.15, -0.1) is 0 Å². The van der Waals surface area contributed by atoms with Crippen LogP contribution in [-0.4, -0.2) is 28.8 Å². The second-order valence-electron chi connectivity index (χ2n) is 10.0. The van der Waals surface area contributed by atoms with Crippen molar-refractivity contribution in [2.24, 2.45) is 0 Å². The minimum atomic E-state index is -0.557. The third-order valence-corrected chi connectivity index (χ3v) is 7.13. The van der Waals surface area contributed by atoms with E-state index in [0.29, 0.717) is 25.8 Å². The molecule has 1 fully saturated rings. The van der Waals surface area contributed by atoms with Crippen LogP contribution in [0.15, 0.2) is 84.9 Å². The average molecular weight is 483 g/mol. The van der Waals surface area contributed by atoms with Gasteiger partial charge in [0.25, 0.3) is 0 Å². The summed E-state index contributed by atoms with van der Waals surface area (Å²) in [6.07, 6.45) is 7.10. The van der Waals surface area contributed by atoms with Crippen LogP contribution in [0.1, 0.15) is 60.8 Å².